The Kier molecular flexibility index (Phi) is 8.78. The van der Waals surface area contributed by atoms with Gasteiger partial charge in [0.1, 0.15) is 18.1 Å². The van der Waals surface area contributed by atoms with Gasteiger partial charge < -0.3 is 9.47 Å². The van der Waals surface area contributed by atoms with Crippen LogP contribution >= 0.6 is 31.9 Å². The van der Waals surface area contributed by atoms with Crippen molar-refractivity contribution in [1.29, 1.82) is 0 Å². The molecule has 5 aromatic rings. The Hall–Kier alpha value is -3.14. The molecular formula is C34H30IO2P. The van der Waals surface area contributed by atoms with Crippen molar-refractivity contribution in [2.24, 2.45) is 0 Å². The van der Waals surface area contributed by atoms with E-state index in [1.54, 1.807) is 0 Å². The smallest absolute Gasteiger partial charge is 0.123 e. The molecule has 2 nitrogen and oxygen atoms in total. The summed E-state index contributed by atoms with van der Waals surface area (Å²) in [5.41, 5.74) is 4.89. The second-order valence-corrected chi connectivity index (χ2v) is 11.4. The number of hydrogen-bond donors (Lipinski definition) is 0. The highest BCUT2D eigenvalue weighted by Gasteiger charge is 2.22. The van der Waals surface area contributed by atoms with E-state index < -0.39 is 7.92 Å². The molecule has 5 aromatic carbocycles. The van der Waals surface area contributed by atoms with Crippen LogP contribution in [0.3, 0.4) is 0 Å². The largest absolute Gasteiger partial charge is 0.493 e. The number of rotatable bonds is 8. The van der Waals surface area contributed by atoms with Gasteiger partial charge in [-0.15, -0.1) is 24.0 Å². The molecule has 0 spiro atoms. The molecule has 6 rings (SSSR count). The fourth-order valence-corrected chi connectivity index (χ4v) is 7.39. The maximum atomic E-state index is 6.44. The van der Waals surface area contributed by atoms with Crippen LogP contribution in [0, 0.1) is 0 Å². The summed E-state index contributed by atoms with van der Waals surface area (Å²) in [6.45, 7) is 1.29. The van der Waals surface area contributed by atoms with E-state index in [0.717, 1.165) is 30.9 Å². The summed E-state index contributed by atoms with van der Waals surface area (Å²) < 4.78 is 12.4. The van der Waals surface area contributed by atoms with Gasteiger partial charge in [0.2, 0.25) is 0 Å². The zero-order valence-electron chi connectivity index (χ0n) is 21.1. The first-order valence-corrected chi connectivity index (χ1v) is 14.1. The Labute approximate surface area is 243 Å². The van der Waals surface area contributed by atoms with Crippen LogP contribution in [0.15, 0.2) is 127 Å². The third-order valence-corrected chi connectivity index (χ3v) is 9.30. The van der Waals surface area contributed by atoms with Crippen LogP contribution in [0.25, 0.3) is 0 Å². The van der Waals surface area contributed by atoms with Crippen LogP contribution in [0.2, 0.25) is 0 Å². The van der Waals surface area contributed by atoms with Crippen LogP contribution in [0.1, 0.15) is 22.3 Å². The lowest BCUT2D eigenvalue weighted by Gasteiger charge is -2.23. The number of hydrogen-bond acceptors (Lipinski definition) is 2. The Morgan fingerprint density at radius 3 is 1.95 bits per heavy atom. The Balaban J connectivity index is 0.00000294. The van der Waals surface area contributed by atoms with E-state index >= 15 is 0 Å². The van der Waals surface area contributed by atoms with Gasteiger partial charge in [-0.25, -0.2) is 0 Å². The summed E-state index contributed by atoms with van der Waals surface area (Å²) in [6.07, 6.45) is 1.72. The lowest BCUT2D eigenvalue weighted by Crippen LogP contribution is -2.23. The molecule has 190 valence electrons. The van der Waals surface area contributed by atoms with Crippen molar-refractivity contribution in [2.75, 3.05) is 6.61 Å². The summed E-state index contributed by atoms with van der Waals surface area (Å²) in [5, 5.41) is 4.09. The summed E-state index contributed by atoms with van der Waals surface area (Å²) in [4.78, 5) is 0. The topological polar surface area (TPSA) is 18.5 Å². The van der Waals surface area contributed by atoms with Crippen molar-refractivity contribution in [3.63, 3.8) is 0 Å². The lowest BCUT2D eigenvalue weighted by atomic mass is 10.0. The van der Waals surface area contributed by atoms with Gasteiger partial charge in [-0.05, 0) is 47.1 Å². The van der Waals surface area contributed by atoms with Gasteiger partial charge in [0, 0.05) is 24.0 Å². The third kappa shape index (κ3) is 5.95. The maximum absolute atomic E-state index is 6.44. The first kappa shape index (κ1) is 26.5. The van der Waals surface area contributed by atoms with Crippen molar-refractivity contribution >= 4 is 47.8 Å². The van der Waals surface area contributed by atoms with Gasteiger partial charge in [-0.2, -0.15) is 0 Å². The van der Waals surface area contributed by atoms with Crippen molar-refractivity contribution in [1.82, 2.24) is 0 Å². The minimum atomic E-state index is -0.694. The van der Waals surface area contributed by atoms with Crippen molar-refractivity contribution in [3.8, 4) is 11.5 Å². The molecular weight excluding hydrogens is 598 g/mol. The van der Waals surface area contributed by atoms with E-state index in [1.165, 1.54) is 38.2 Å². The fraction of sp³-hybridized carbons (Fsp3) is 0.118. The molecule has 0 atom stereocenters. The van der Waals surface area contributed by atoms with Crippen molar-refractivity contribution in [3.05, 3.63) is 150 Å². The quantitative estimate of drug-likeness (QED) is 0.134. The lowest BCUT2D eigenvalue weighted by molar-refractivity contribution is 0.302. The van der Waals surface area contributed by atoms with Gasteiger partial charge in [0.05, 0.1) is 6.61 Å². The molecule has 0 amide bonds. The first-order valence-electron chi connectivity index (χ1n) is 12.8. The number of ether oxygens (including phenoxy) is 2. The minimum Gasteiger partial charge on any atom is -0.493 e. The van der Waals surface area contributed by atoms with Crippen molar-refractivity contribution in [2.45, 2.75) is 19.4 Å². The Morgan fingerprint density at radius 1 is 0.658 bits per heavy atom. The second kappa shape index (κ2) is 12.6. The standard InChI is InChI=1S/C34H29O2P.HI/c1-4-12-26(13-5-1)25-36-33-23-27-20-21-35-32(27)24-29(33)22-28-14-10-11-19-34(28)37(30-15-6-2-7-16-30)31-17-8-3-9-18-31;/h1-19,23-24H,20-22,25H2;1H. The molecule has 0 saturated carbocycles. The molecule has 0 unspecified atom stereocenters. The molecule has 0 bridgehead atoms. The molecule has 38 heavy (non-hydrogen) atoms. The average molecular weight is 628 g/mol. The van der Waals surface area contributed by atoms with Crippen LogP contribution in [0.5, 0.6) is 11.5 Å². The van der Waals surface area contributed by atoms with Gasteiger partial charge >= 0.3 is 0 Å². The Bertz CT molecular complexity index is 1430. The third-order valence-electron chi connectivity index (χ3n) is 6.75. The predicted octanol–water partition coefficient (Wildman–Crippen LogP) is 7.17. The molecule has 0 radical (unpaired) electrons. The van der Waals surface area contributed by atoms with Crippen LogP contribution in [-0.4, -0.2) is 6.61 Å². The summed E-state index contributed by atoms with van der Waals surface area (Å²) in [5.74, 6) is 1.94. The van der Waals surface area contributed by atoms with E-state index in [1.807, 2.05) is 6.07 Å². The molecule has 0 aliphatic carbocycles. The highest BCUT2D eigenvalue weighted by molar-refractivity contribution is 14.0. The SMILES string of the molecule is I.c1ccc(COc2cc3c(cc2Cc2ccccc2P(c2ccccc2)c2ccccc2)OCC3)cc1. The summed E-state index contributed by atoms with van der Waals surface area (Å²) in [7, 11) is -0.694. The van der Waals surface area contributed by atoms with E-state index in [0.29, 0.717) is 6.61 Å². The first-order chi connectivity index (χ1) is 18.3. The fourth-order valence-electron chi connectivity index (χ4n) is 4.92. The van der Waals surface area contributed by atoms with E-state index in [4.69, 9.17) is 9.47 Å². The van der Waals surface area contributed by atoms with E-state index in [9.17, 15) is 0 Å². The van der Waals surface area contributed by atoms with E-state index in [-0.39, 0.29) is 24.0 Å². The average Bonchev–Trinajstić information content (AvgIpc) is 3.42. The van der Waals surface area contributed by atoms with Crippen molar-refractivity contribution < 1.29 is 9.47 Å². The van der Waals surface area contributed by atoms with Crippen LogP contribution in [0.4, 0.5) is 0 Å². The molecule has 0 aromatic heterocycles. The Morgan fingerprint density at radius 2 is 1.26 bits per heavy atom. The van der Waals surface area contributed by atoms with Gasteiger partial charge in [0.15, 0.2) is 0 Å². The molecule has 1 heterocycles. The molecule has 1 aliphatic rings. The second-order valence-electron chi connectivity index (χ2n) is 9.25. The van der Waals surface area contributed by atoms with Gasteiger partial charge in [-0.3, -0.25) is 0 Å². The van der Waals surface area contributed by atoms with Gasteiger partial charge in [0.25, 0.3) is 0 Å². The zero-order valence-corrected chi connectivity index (χ0v) is 24.3. The molecule has 1 aliphatic heterocycles. The highest BCUT2D eigenvalue weighted by Crippen LogP contribution is 2.37. The number of benzene rings is 5. The molecule has 0 N–H and O–H groups in total. The highest BCUT2D eigenvalue weighted by atomic mass is 127. The molecule has 4 heteroatoms. The number of fused-ring (bicyclic) bond motifs is 1. The monoisotopic (exact) mass is 628 g/mol. The van der Waals surface area contributed by atoms with Crippen LogP contribution in [-0.2, 0) is 19.4 Å². The summed E-state index contributed by atoms with van der Waals surface area (Å²) >= 11 is 0. The normalized spacial score (nSPS) is 11.9. The summed E-state index contributed by atoms with van der Waals surface area (Å²) in [6, 6.07) is 45.4. The molecule has 0 fully saturated rings. The van der Waals surface area contributed by atoms with Gasteiger partial charge in [-0.1, -0.05) is 115 Å². The maximum Gasteiger partial charge on any atom is 0.123 e. The number of halogens is 1. The van der Waals surface area contributed by atoms with E-state index in [2.05, 4.69) is 121 Å². The zero-order chi connectivity index (χ0) is 24.9. The predicted molar refractivity (Wildman–Crippen MR) is 170 cm³/mol. The molecule has 0 saturated heterocycles. The minimum absolute atomic E-state index is 0. The van der Waals surface area contributed by atoms with Crippen LogP contribution < -0.4 is 25.4 Å².